The standard InChI is InChI=1S/C6H14N4O2.C4H7NO4.C3H7NO3.C3H7NO2.2C2H5NO2/c7-4(5(11)12)2-1-3-10-6(8)9;5-2(4(8)9)1-3(6)7;4-2(1-5)3(6)7;1-2(4)3(5)6;2*3-1-2(4)5/h4H,1-3,7H2,(H,11,12)(H4,8,9,10);2H,1,5H2,(H,6,7)(H,8,9);2,5H,1,4H2,(H,6,7);2H,4H2,1H3,(H,5,6);2*1,3H2,(H,4,5)/t4-;3*2-;;/m0000../s1. The number of aliphatic hydroxyl groups is 1. The number of carbonyl (C=O) groups is 7. The van der Waals surface area contributed by atoms with Crippen LogP contribution in [-0.2, 0) is 33.6 Å². The fourth-order valence-electron chi connectivity index (χ4n) is 1.02. The van der Waals surface area contributed by atoms with E-state index in [4.69, 9.17) is 74.9 Å². The molecule has 0 spiro atoms. The van der Waals surface area contributed by atoms with E-state index < -0.39 is 79.0 Å². The Morgan fingerprint density at radius 3 is 1.11 bits per heavy atom. The van der Waals surface area contributed by atoms with Crippen molar-refractivity contribution in [1.82, 2.24) is 5.32 Å². The van der Waals surface area contributed by atoms with Crippen molar-refractivity contribution in [2.24, 2.45) is 40.1 Å². The maximum Gasteiger partial charge on any atom is 0.322 e. The molecule has 24 N–H and O–H groups in total. The topological polar surface area (TPSA) is 499 Å². The van der Waals surface area contributed by atoms with Gasteiger partial charge in [0.25, 0.3) is 0 Å². The molecule has 0 unspecified atom stereocenters. The number of carboxylic acids is 7. The lowest BCUT2D eigenvalue weighted by molar-refractivity contribution is -0.144. The van der Waals surface area contributed by atoms with E-state index in [-0.39, 0.29) is 19.0 Å². The summed E-state index contributed by atoms with van der Waals surface area (Å²) in [7, 11) is 0. The fourth-order valence-corrected chi connectivity index (χ4v) is 1.02. The van der Waals surface area contributed by atoms with Gasteiger partial charge in [-0.2, -0.15) is 0 Å². The van der Waals surface area contributed by atoms with Gasteiger partial charge in [0, 0.05) is 6.54 Å². The molecule has 0 aromatic rings. The van der Waals surface area contributed by atoms with Crippen LogP contribution in [0.25, 0.3) is 0 Å². The van der Waals surface area contributed by atoms with Gasteiger partial charge in [0.2, 0.25) is 0 Å². The van der Waals surface area contributed by atoms with Gasteiger partial charge in [0.1, 0.15) is 24.2 Å². The Kier molecular flexibility index (Phi) is 40.7. The van der Waals surface area contributed by atoms with E-state index in [1.54, 1.807) is 0 Å². The number of rotatable bonds is 13. The first-order valence-corrected chi connectivity index (χ1v) is 11.6. The molecule has 260 valence electrons. The number of guanidine groups is 1. The van der Waals surface area contributed by atoms with Crippen LogP contribution in [-0.4, -0.2) is 139 Å². The lowest BCUT2D eigenvalue weighted by atomic mass is 10.2. The number of carboxylic acid groups (broad SMARTS) is 7. The molecule has 0 aromatic carbocycles. The molecule has 0 saturated carbocycles. The van der Waals surface area contributed by atoms with Crippen LogP contribution in [0.3, 0.4) is 0 Å². The van der Waals surface area contributed by atoms with Gasteiger partial charge in [-0.1, -0.05) is 0 Å². The van der Waals surface area contributed by atoms with Crippen LogP contribution >= 0.6 is 0 Å². The van der Waals surface area contributed by atoms with Gasteiger partial charge in [-0.3, -0.25) is 39.0 Å². The Balaban J connectivity index is -0.000000102. The molecule has 0 aromatic heterocycles. The maximum atomic E-state index is 10.2. The van der Waals surface area contributed by atoms with E-state index in [0.29, 0.717) is 19.4 Å². The lowest BCUT2D eigenvalue weighted by Gasteiger charge is -2.06. The molecule has 24 heteroatoms. The zero-order chi connectivity index (χ0) is 36.6. The van der Waals surface area contributed by atoms with E-state index in [9.17, 15) is 33.6 Å². The number of aliphatic hydroxyl groups excluding tert-OH is 1. The van der Waals surface area contributed by atoms with Gasteiger partial charge in [-0.05, 0) is 19.8 Å². The number of nitrogens with one attached hydrogen (secondary N) is 2. The van der Waals surface area contributed by atoms with Gasteiger partial charge < -0.3 is 86.3 Å². The van der Waals surface area contributed by atoms with Crippen LogP contribution in [0.15, 0.2) is 0 Å². The summed E-state index contributed by atoms with van der Waals surface area (Å²) in [6, 6.07) is -3.97. The van der Waals surface area contributed by atoms with Crippen molar-refractivity contribution in [3.8, 4) is 0 Å². The number of nitrogens with two attached hydrogens (primary N) is 7. The van der Waals surface area contributed by atoms with Crippen molar-refractivity contribution in [3.05, 3.63) is 0 Å². The number of hydrogen-bond donors (Lipinski definition) is 17. The highest BCUT2D eigenvalue weighted by Crippen LogP contribution is 1.92. The quantitative estimate of drug-likeness (QED) is 0.0499. The molecule has 44 heavy (non-hydrogen) atoms. The molecule has 0 bridgehead atoms. The Morgan fingerprint density at radius 2 is 0.977 bits per heavy atom. The Bertz CT molecular complexity index is 847. The normalized spacial score (nSPS) is 11.5. The number of hydrogen-bond acceptors (Lipinski definition) is 15. The van der Waals surface area contributed by atoms with E-state index >= 15 is 0 Å². The zero-order valence-electron chi connectivity index (χ0n) is 23.7. The summed E-state index contributed by atoms with van der Waals surface area (Å²) in [6.45, 7) is 0.841. The van der Waals surface area contributed by atoms with Gasteiger partial charge in [0.15, 0.2) is 5.96 Å². The largest absolute Gasteiger partial charge is 0.481 e. The van der Waals surface area contributed by atoms with Crippen molar-refractivity contribution in [2.75, 3.05) is 26.2 Å². The van der Waals surface area contributed by atoms with Crippen molar-refractivity contribution in [2.45, 2.75) is 50.4 Å². The third-order valence-electron chi connectivity index (χ3n) is 3.29. The molecule has 0 saturated heterocycles. The SMILES string of the molecule is C[C@H](N)C(=O)O.N=C(N)NCCC[C@H](N)C(=O)O.NCC(=O)O.NCC(=O)O.N[C@@H](CC(=O)O)C(=O)O.N[C@@H](CO)C(=O)O. The predicted octanol–water partition coefficient (Wildman–Crippen LogP) is -6.60. The van der Waals surface area contributed by atoms with Crippen LogP contribution in [0.5, 0.6) is 0 Å². The predicted molar refractivity (Wildman–Crippen MR) is 150 cm³/mol. The highest BCUT2D eigenvalue weighted by molar-refractivity contribution is 5.80. The van der Waals surface area contributed by atoms with Gasteiger partial charge in [0.05, 0.1) is 26.1 Å². The van der Waals surface area contributed by atoms with Gasteiger partial charge >= 0.3 is 41.8 Å². The first-order valence-electron chi connectivity index (χ1n) is 11.6. The highest BCUT2D eigenvalue weighted by atomic mass is 16.4. The summed E-state index contributed by atoms with van der Waals surface area (Å²) >= 11 is 0. The molecule has 0 rings (SSSR count). The highest BCUT2D eigenvalue weighted by Gasteiger charge is 2.14. The summed E-state index contributed by atoms with van der Waals surface area (Å²) in [5, 5.41) is 72.7. The molecular weight excluding hydrogens is 606 g/mol. The smallest absolute Gasteiger partial charge is 0.322 e. The summed E-state index contributed by atoms with van der Waals surface area (Å²) in [5.41, 5.74) is 33.8. The molecule has 0 fully saturated rings. The van der Waals surface area contributed by atoms with Gasteiger partial charge in [-0.25, -0.2) is 0 Å². The van der Waals surface area contributed by atoms with Crippen LogP contribution in [0.4, 0.5) is 0 Å². The van der Waals surface area contributed by atoms with Crippen LogP contribution in [0, 0.1) is 5.41 Å². The summed E-state index contributed by atoms with van der Waals surface area (Å²) < 4.78 is 0. The first-order chi connectivity index (χ1) is 19.9. The molecule has 0 radical (unpaired) electrons. The van der Waals surface area contributed by atoms with E-state index in [1.807, 2.05) is 0 Å². The summed E-state index contributed by atoms with van der Waals surface area (Å²) in [5.74, 6) is -7.69. The van der Waals surface area contributed by atoms with Crippen molar-refractivity contribution >= 4 is 47.7 Å². The zero-order valence-corrected chi connectivity index (χ0v) is 23.7. The van der Waals surface area contributed by atoms with Crippen molar-refractivity contribution in [3.63, 3.8) is 0 Å². The minimum absolute atomic E-state index is 0.112. The average molecular weight is 652 g/mol. The minimum atomic E-state index is -1.29. The van der Waals surface area contributed by atoms with Crippen LogP contribution in [0.1, 0.15) is 26.2 Å². The third-order valence-corrected chi connectivity index (χ3v) is 3.29. The minimum Gasteiger partial charge on any atom is -0.481 e. The molecule has 24 nitrogen and oxygen atoms in total. The molecule has 4 atom stereocenters. The monoisotopic (exact) mass is 651 g/mol. The molecule has 0 heterocycles. The van der Waals surface area contributed by atoms with Crippen molar-refractivity contribution in [1.29, 1.82) is 5.41 Å². The third kappa shape index (κ3) is 61.4. The number of aliphatic carboxylic acids is 7. The second-order valence-electron chi connectivity index (χ2n) is 7.42. The van der Waals surface area contributed by atoms with Gasteiger partial charge in [-0.15, -0.1) is 0 Å². The molecule has 0 aliphatic carbocycles. The summed E-state index contributed by atoms with van der Waals surface area (Å²) in [4.78, 5) is 67.5. The first kappa shape index (κ1) is 52.0. The molecular formula is C20H45N9O15. The second kappa shape index (κ2) is 34.5. The molecule has 0 aliphatic rings. The van der Waals surface area contributed by atoms with Crippen molar-refractivity contribution < 1.29 is 74.4 Å². The van der Waals surface area contributed by atoms with E-state index in [1.165, 1.54) is 6.92 Å². The van der Waals surface area contributed by atoms with E-state index in [0.717, 1.165) is 0 Å². The second-order valence-corrected chi connectivity index (χ2v) is 7.42. The summed E-state index contributed by atoms with van der Waals surface area (Å²) in [6.07, 6.45) is 0.442. The van der Waals surface area contributed by atoms with Crippen LogP contribution in [0.2, 0.25) is 0 Å². The Hall–Kier alpha value is -4.72. The Labute approximate surface area is 250 Å². The van der Waals surface area contributed by atoms with Crippen LogP contribution < -0.4 is 45.5 Å². The molecule has 0 aliphatic heterocycles. The lowest BCUT2D eigenvalue weighted by Crippen LogP contribution is -2.34. The fraction of sp³-hybridized carbons (Fsp3) is 0.600. The van der Waals surface area contributed by atoms with E-state index in [2.05, 4.69) is 16.8 Å². The molecule has 0 amide bonds. The maximum absolute atomic E-state index is 10.2. The average Bonchev–Trinajstić information content (AvgIpc) is 2.91. The Morgan fingerprint density at radius 1 is 0.659 bits per heavy atom.